The zero-order valence-corrected chi connectivity index (χ0v) is 13.7. The van der Waals surface area contributed by atoms with Crippen LogP contribution < -0.4 is 20.6 Å². The van der Waals surface area contributed by atoms with Crippen molar-refractivity contribution in [2.24, 2.45) is 10.8 Å². The van der Waals surface area contributed by atoms with Gasteiger partial charge < -0.3 is 15.2 Å². The number of nitrogens with two attached hydrogens (primary N) is 1. The van der Waals surface area contributed by atoms with E-state index in [1.807, 2.05) is 18.2 Å². The van der Waals surface area contributed by atoms with Gasteiger partial charge in [0, 0.05) is 0 Å². The Labute approximate surface area is 145 Å². The molecular weight excluding hydrogens is 322 g/mol. The smallest absolute Gasteiger partial charge is 0.280 e. The molecule has 3 N–H and O–H groups in total. The SMILES string of the molecule is C[C@H](Oc1ccccc1)C(=O)N/N=C\c1ccc(OCC(N)=O)cc1. The van der Waals surface area contributed by atoms with E-state index in [4.69, 9.17) is 15.2 Å². The average Bonchev–Trinajstić information content (AvgIpc) is 2.61. The lowest BCUT2D eigenvalue weighted by Gasteiger charge is -2.12. The first-order valence-corrected chi connectivity index (χ1v) is 7.60. The summed E-state index contributed by atoms with van der Waals surface area (Å²) in [4.78, 5) is 22.6. The van der Waals surface area contributed by atoms with Gasteiger partial charge in [-0.3, -0.25) is 9.59 Å². The number of amides is 2. The Kier molecular flexibility index (Phi) is 6.53. The van der Waals surface area contributed by atoms with Gasteiger partial charge in [-0.15, -0.1) is 0 Å². The number of hydrazone groups is 1. The normalized spacial score (nSPS) is 11.7. The molecule has 2 aromatic rings. The summed E-state index contributed by atoms with van der Waals surface area (Å²) in [6.45, 7) is 1.46. The monoisotopic (exact) mass is 341 g/mol. The molecule has 0 spiro atoms. The molecule has 1 atom stereocenters. The molecule has 0 aliphatic heterocycles. The topological polar surface area (TPSA) is 103 Å². The Bertz CT molecular complexity index is 730. The molecule has 0 aromatic heterocycles. The molecule has 7 nitrogen and oxygen atoms in total. The van der Waals surface area contributed by atoms with E-state index in [-0.39, 0.29) is 12.5 Å². The molecule has 0 aliphatic carbocycles. The number of carbonyl (C=O) groups is 2. The van der Waals surface area contributed by atoms with E-state index in [1.54, 1.807) is 43.3 Å². The van der Waals surface area contributed by atoms with Crippen molar-refractivity contribution in [3.05, 3.63) is 60.2 Å². The Morgan fingerprint density at radius 1 is 1.12 bits per heavy atom. The predicted molar refractivity (Wildman–Crippen MR) is 93.4 cm³/mol. The van der Waals surface area contributed by atoms with Crippen molar-refractivity contribution < 1.29 is 19.1 Å². The average molecular weight is 341 g/mol. The van der Waals surface area contributed by atoms with Gasteiger partial charge in [0.2, 0.25) is 0 Å². The van der Waals surface area contributed by atoms with Crippen molar-refractivity contribution in [2.75, 3.05) is 6.61 Å². The van der Waals surface area contributed by atoms with E-state index < -0.39 is 12.0 Å². The first-order chi connectivity index (χ1) is 12.0. The quantitative estimate of drug-likeness (QED) is 0.560. The van der Waals surface area contributed by atoms with Crippen molar-refractivity contribution >= 4 is 18.0 Å². The number of rotatable bonds is 8. The van der Waals surface area contributed by atoms with Crippen molar-refractivity contribution in [3.8, 4) is 11.5 Å². The van der Waals surface area contributed by atoms with Gasteiger partial charge >= 0.3 is 0 Å². The molecular formula is C18H19N3O4. The fraction of sp³-hybridized carbons (Fsp3) is 0.167. The minimum Gasteiger partial charge on any atom is -0.484 e. The number of nitrogens with zero attached hydrogens (tertiary/aromatic N) is 1. The number of benzene rings is 2. The minimum atomic E-state index is -0.677. The van der Waals surface area contributed by atoms with Gasteiger partial charge in [0.05, 0.1) is 6.21 Å². The van der Waals surface area contributed by atoms with Gasteiger partial charge in [-0.2, -0.15) is 5.10 Å². The van der Waals surface area contributed by atoms with Crippen LogP contribution in [0.3, 0.4) is 0 Å². The summed E-state index contributed by atoms with van der Waals surface area (Å²) in [5.74, 6) is 0.229. The summed E-state index contributed by atoms with van der Waals surface area (Å²) >= 11 is 0. The molecule has 0 bridgehead atoms. The molecule has 7 heteroatoms. The number of hydrogen-bond acceptors (Lipinski definition) is 5. The van der Waals surface area contributed by atoms with Crippen LogP contribution in [0.4, 0.5) is 0 Å². The highest BCUT2D eigenvalue weighted by Gasteiger charge is 2.13. The van der Waals surface area contributed by atoms with E-state index in [2.05, 4.69) is 10.5 Å². The fourth-order valence-corrected chi connectivity index (χ4v) is 1.82. The summed E-state index contributed by atoms with van der Waals surface area (Å²) in [6.07, 6.45) is 0.814. The molecule has 0 unspecified atom stereocenters. The lowest BCUT2D eigenvalue weighted by Crippen LogP contribution is -2.33. The van der Waals surface area contributed by atoms with Gasteiger partial charge in [0.25, 0.3) is 11.8 Å². The first kappa shape index (κ1) is 18.0. The van der Waals surface area contributed by atoms with E-state index in [9.17, 15) is 9.59 Å². The first-order valence-electron chi connectivity index (χ1n) is 7.60. The molecule has 130 valence electrons. The van der Waals surface area contributed by atoms with E-state index in [0.29, 0.717) is 11.5 Å². The van der Waals surface area contributed by atoms with Crippen LogP contribution in [-0.4, -0.2) is 30.7 Å². The molecule has 2 amide bonds. The van der Waals surface area contributed by atoms with Crippen LogP contribution in [-0.2, 0) is 9.59 Å². The molecule has 2 rings (SSSR count). The number of primary amides is 1. The Hall–Kier alpha value is -3.35. The molecule has 0 saturated carbocycles. The second-order valence-electron chi connectivity index (χ2n) is 5.13. The summed E-state index contributed by atoms with van der Waals surface area (Å²) < 4.78 is 10.6. The fourth-order valence-electron chi connectivity index (χ4n) is 1.82. The molecule has 0 heterocycles. The summed E-state index contributed by atoms with van der Waals surface area (Å²) in [5.41, 5.74) is 8.17. The van der Waals surface area contributed by atoms with Crippen molar-refractivity contribution in [3.63, 3.8) is 0 Å². The highest BCUT2D eigenvalue weighted by Crippen LogP contribution is 2.11. The Morgan fingerprint density at radius 3 is 2.44 bits per heavy atom. The Balaban J connectivity index is 1.81. The van der Waals surface area contributed by atoms with Crippen LogP contribution in [0.25, 0.3) is 0 Å². The molecule has 0 radical (unpaired) electrons. The number of hydrogen-bond donors (Lipinski definition) is 2. The molecule has 2 aromatic carbocycles. The number of carbonyl (C=O) groups excluding carboxylic acids is 2. The van der Waals surface area contributed by atoms with E-state index >= 15 is 0 Å². The number of ether oxygens (including phenoxy) is 2. The molecule has 0 aliphatic rings. The van der Waals surface area contributed by atoms with Crippen LogP contribution in [0.1, 0.15) is 12.5 Å². The minimum absolute atomic E-state index is 0.178. The van der Waals surface area contributed by atoms with Crippen LogP contribution in [0, 0.1) is 0 Å². The third-order valence-electron chi connectivity index (χ3n) is 3.07. The van der Waals surface area contributed by atoms with E-state index in [1.165, 1.54) is 6.21 Å². The maximum Gasteiger partial charge on any atom is 0.280 e. The second kappa shape index (κ2) is 9.07. The number of nitrogens with one attached hydrogen (secondary N) is 1. The van der Waals surface area contributed by atoms with Gasteiger partial charge in [0.15, 0.2) is 12.7 Å². The second-order valence-corrected chi connectivity index (χ2v) is 5.13. The molecule has 25 heavy (non-hydrogen) atoms. The van der Waals surface area contributed by atoms with Crippen LogP contribution in [0.2, 0.25) is 0 Å². The van der Waals surface area contributed by atoms with E-state index in [0.717, 1.165) is 5.56 Å². The van der Waals surface area contributed by atoms with Crippen LogP contribution in [0.5, 0.6) is 11.5 Å². The zero-order chi connectivity index (χ0) is 18.1. The zero-order valence-electron chi connectivity index (χ0n) is 13.7. The third-order valence-corrected chi connectivity index (χ3v) is 3.07. The third kappa shape index (κ3) is 6.34. The highest BCUT2D eigenvalue weighted by molar-refractivity contribution is 5.84. The maximum absolute atomic E-state index is 11.9. The van der Waals surface area contributed by atoms with Gasteiger partial charge in [-0.1, -0.05) is 18.2 Å². The lowest BCUT2D eigenvalue weighted by atomic mass is 10.2. The maximum atomic E-state index is 11.9. The molecule has 0 fully saturated rings. The largest absolute Gasteiger partial charge is 0.484 e. The van der Waals surface area contributed by atoms with Crippen LogP contribution in [0.15, 0.2) is 59.7 Å². The van der Waals surface area contributed by atoms with Gasteiger partial charge in [-0.25, -0.2) is 5.43 Å². The summed E-state index contributed by atoms with van der Waals surface area (Å²) in [5, 5.41) is 3.89. The Morgan fingerprint density at radius 2 is 1.80 bits per heavy atom. The predicted octanol–water partition coefficient (Wildman–Crippen LogP) is 1.47. The lowest BCUT2D eigenvalue weighted by molar-refractivity contribution is -0.127. The number of para-hydroxylation sites is 1. The summed E-state index contributed by atoms with van der Waals surface area (Å²) in [7, 11) is 0. The molecule has 0 saturated heterocycles. The summed E-state index contributed by atoms with van der Waals surface area (Å²) in [6, 6.07) is 15.9. The van der Waals surface area contributed by atoms with Crippen LogP contribution >= 0.6 is 0 Å². The van der Waals surface area contributed by atoms with Crippen molar-refractivity contribution in [1.29, 1.82) is 0 Å². The standard InChI is InChI=1S/C18H19N3O4/c1-13(25-16-5-3-2-4-6-16)18(23)21-20-11-14-7-9-15(10-8-14)24-12-17(19)22/h2-11,13H,12H2,1H3,(H2,19,22)(H,21,23)/b20-11-/t13-/m0/s1. The van der Waals surface area contributed by atoms with Gasteiger partial charge in [0.1, 0.15) is 11.5 Å². The highest BCUT2D eigenvalue weighted by atomic mass is 16.5. The van der Waals surface area contributed by atoms with Gasteiger partial charge in [-0.05, 0) is 48.9 Å². The van der Waals surface area contributed by atoms with Crippen molar-refractivity contribution in [2.45, 2.75) is 13.0 Å². The van der Waals surface area contributed by atoms with Crippen molar-refractivity contribution in [1.82, 2.24) is 5.43 Å².